The zero-order valence-corrected chi connectivity index (χ0v) is 20.1. The van der Waals surface area contributed by atoms with Crippen LogP contribution in [0.4, 0.5) is 10.1 Å². The van der Waals surface area contributed by atoms with Crippen LogP contribution in [-0.4, -0.2) is 58.1 Å². The molecule has 2 atom stereocenters. The second-order valence-corrected chi connectivity index (χ2v) is 10.7. The van der Waals surface area contributed by atoms with Gasteiger partial charge in [0.1, 0.15) is 16.7 Å². The average Bonchev–Trinajstić information content (AvgIpc) is 2.79. The van der Waals surface area contributed by atoms with Crippen molar-refractivity contribution in [2.45, 2.75) is 37.2 Å². The SMILES string of the molecule is CC1(C)OC(=NC(CCO)c2ccccc2F)NS(=O)(=O)C1c1ccc(N2CCOCC2)cc1. The zero-order valence-electron chi connectivity index (χ0n) is 19.3. The Bertz CT molecular complexity index is 1130. The normalized spacial score (nSPS) is 23.7. The molecule has 0 aromatic heterocycles. The third-order valence-corrected chi connectivity index (χ3v) is 7.96. The Hall–Kier alpha value is -2.69. The number of amidine groups is 1. The first-order valence-corrected chi connectivity index (χ1v) is 12.8. The molecule has 2 aromatic carbocycles. The number of nitrogens with one attached hydrogen (secondary N) is 1. The van der Waals surface area contributed by atoms with Crippen molar-refractivity contribution in [3.05, 3.63) is 65.5 Å². The van der Waals surface area contributed by atoms with Crippen molar-refractivity contribution in [3.8, 4) is 0 Å². The summed E-state index contributed by atoms with van der Waals surface area (Å²) in [5.74, 6) is -0.485. The molecule has 0 amide bonds. The van der Waals surface area contributed by atoms with Crippen LogP contribution in [0.25, 0.3) is 0 Å². The van der Waals surface area contributed by atoms with Crippen molar-refractivity contribution in [2.24, 2.45) is 4.99 Å². The molecule has 2 heterocycles. The molecule has 34 heavy (non-hydrogen) atoms. The third kappa shape index (κ3) is 5.18. The van der Waals surface area contributed by atoms with Crippen LogP contribution >= 0.6 is 0 Å². The summed E-state index contributed by atoms with van der Waals surface area (Å²) in [5, 5.41) is 8.47. The van der Waals surface area contributed by atoms with Gasteiger partial charge in [0.25, 0.3) is 6.02 Å². The van der Waals surface area contributed by atoms with E-state index in [4.69, 9.17) is 9.47 Å². The van der Waals surface area contributed by atoms with Crippen molar-refractivity contribution in [3.63, 3.8) is 0 Å². The summed E-state index contributed by atoms with van der Waals surface area (Å²) >= 11 is 0. The van der Waals surface area contributed by atoms with Gasteiger partial charge in [-0.2, -0.15) is 0 Å². The number of rotatable bonds is 6. The Morgan fingerprint density at radius 2 is 1.85 bits per heavy atom. The van der Waals surface area contributed by atoms with Gasteiger partial charge in [0, 0.05) is 30.9 Å². The largest absolute Gasteiger partial charge is 0.457 e. The number of aliphatic hydroxyl groups excluding tert-OH is 1. The standard InChI is InChI=1S/C24H30FN3O5S/c1-24(2)22(17-7-9-18(10-8-17)28-12-15-32-16-13-28)34(30,31)27-23(33-24)26-21(11-14-29)19-5-3-4-6-20(19)25/h3-10,21-22,29H,11-16H2,1-2H3,(H,26,27). The molecule has 2 fully saturated rings. The second kappa shape index (κ2) is 9.89. The molecular weight excluding hydrogens is 461 g/mol. The number of hydrogen-bond donors (Lipinski definition) is 2. The quantitative estimate of drug-likeness (QED) is 0.645. The van der Waals surface area contributed by atoms with Crippen LogP contribution in [0.1, 0.15) is 42.7 Å². The molecule has 2 unspecified atom stereocenters. The number of aliphatic hydroxyl groups is 1. The lowest BCUT2D eigenvalue weighted by molar-refractivity contribution is 0.0758. The first-order chi connectivity index (χ1) is 16.2. The lowest BCUT2D eigenvalue weighted by Crippen LogP contribution is -2.53. The van der Waals surface area contributed by atoms with Crippen molar-refractivity contribution in [1.82, 2.24) is 4.72 Å². The number of hydrogen-bond acceptors (Lipinski definition) is 7. The lowest BCUT2D eigenvalue weighted by Gasteiger charge is -2.39. The maximum absolute atomic E-state index is 14.3. The molecule has 0 saturated carbocycles. The first-order valence-electron chi connectivity index (χ1n) is 11.3. The van der Waals surface area contributed by atoms with Crippen LogP contribution in [0.5, 0.6) is 0 Å². The monoisotopic (exact) mass is 491 g/mol. The van der Waals surface area contributed by atoms with Gasteiger partial charge >= 0.3 is 0 Å². The molecule has 8 nitrogen and oxygen atoms in total. The highest BCUT2D eigenvalue weighted by molar-refractivity contribution is 7.90. The number of halogens is 1. The van der Waals surface area contributed by atoms with Crippen LogP contribution in [0.3, 0.4) is 0 Å². The second-order valence-electron chi connectivity index (χ2n) is 8.91. The number of anilines is 1. The van der Waals surface area contributed by atoms with Gasteiger partial charge in [-0.25, -0.2) is 22.5 Å². The maximum Gasteiger partial charge on any atom is 0.299 e. The Morgan fingerprint density at radius 3 is 2.47 bits per heavy atom. The minimum absolute atomic E-state index is 0.113. The molecule has 2 aliphatic rings. The van der Waals surface area contributed by atoms with Gasteiger partial charge in [-0.1, -0.05) is 30.3 Å². The summed E-state index contributed by atoms with van der Waals surface area (Å²) in [6.45, 7) is 6.02. The summed E-state index contributed by atoms with van der Waals surface area (Å²) in [6, 6.07) is 12.5. The summed E-state index contributed by atoms with van der Waals surface area (Å²) in [5.41, 5.74) is 0.702. The summed E-state index contributed by atoms with van der Waals surface area (Å²) in [4.78, 5) is 6.53. The van der Waals surface area contributed by atoms with Gasteiger partial charge in [0.2, 0.25) is 10.0 Å². The molecule has 4 rings (SSSR count). The van der Waals surface area contributed by atoms with Crippen LogP contribution < -0.4 is 9.62 Å². The number of aliphatic imine (C=N–C) groups is 1. The van der Waals surface area contributed by atoms with Gasteiger partial charge in [-0.3, -0.25) is 0 Å². The fraction of sp³-hybridized carbons (Fsp3) is 0.458. The maximum atomic E-state index is 14.3. The lowest BCUT2D eigenvalue weighted by atomic mass is 9.97. The molecule has 10 heteroatoms. The number of ether oxygens (including phenoxy) is 2. The van der Waals surface area contributed by atoms with Crippen molar-refractivity contribution >= 4 is 21.7 Å². The predicted molar refractivity (Wildman–Crippen MR) is 128 cm³/mol. The van der Waals surface area contributed by atoms with Gasteiger partial charge in [0.15, 0.2) is 0 Å². The topological polar surface area (TPSA) is 100 Å². The average molecular weight is 492 g/mol. The molecule has 184 valence electrons. The molecule has 2 saturated heterocycles. The van der Waals surface area contributed by atoms with Crippen LogP contribution in [0.2, 0.25) is 0 Å². The van der Waals surface area contributed by atoms with Gasteiger partial charge < -0.3 is 19.5 Å². The van der Waals surface area contributed by atoms with Crippen LogP contribution in [0.15, 0.2) is 53.5 Å². The number of nitrogens with zero attached hydrogens (tertiary/aromatic N) is 2. The molecule has 2 aromatic rings. The van der Waals surface area contributed by atoms with E-state index in [1.54, 1.807) is 44.2 Å². The highest BCUT2D eigenvalue weighted by Gasteiger charge is 2.48. The van der Waals surface area contributed by atoms with E-state index < -0.39 is 32.7 Å². The van der Waals surface area contributed by atoms with Crippen LogP contribution in [-0.2, 0) is 19.5 Å². The van der Waals surface area contributed by atoms with E-state index >= 15 is 0 Å². The van der Waals surface area contributed by atoms with Gasteiger partial charge in [-0.05, 0) is 44.0 Å². The van der Waals surface area contributed by atoms with Gasteiger partial charge in [0.05, 0.1) is 19.3 Å². The van der Waals surface area contributed by atoms with E-state index in [1.165, 1.54) is 6.07 Å². The summed E-state index contributed by atoms with van der Waals surface area (Å²) < 4.78 is 54.8. The van der Waals surface area contributed by atoms with E-state index in [2.05, 4.69) is 14.6 Å². The predicted octanol–water partition coefficient (Wildman–Crippen LogP) is 2.91. The van der Waals surface area contributed by atoms with Crippen molar-refractivity contribution in [1.29, 1.82) is 0 Å². The molecule has 0 aliphatic carbocycles. The Balaban J connectivity index is 1.60. The van der Waals surface area contributed by atoms with E-state index in [0.29, 0.717) is 18.8 Å². The smallest absolute Gasteiger partial charge is 0.299 e. The highest BCUT2D eigenvalue weighted by Crippen LogP contribution is 2.39. The number of sulfonamides is 1. The van der Waals surface area contributed by atoms with E-state index in [9.17, 15) is 17.9 Å². The summed E-state index contributed by atoms with van der Waals surface area (Å²) in [6.07, 6.45) is 0.113. The van der Waals surface area contributed by atoms with Gasteiger partial charge in [-0.15, -0.1) is 0 Å². The highest BCUT2D eigenvalue weighted by atomic mass is 32.2. The Labute approximate surface area is 199 Å². The van der Waals surface area contributed by atoms with Crippen LogP contribution in [0, 0.1) is 5.82 Å². The van der Waals surface area contributed by atoms with E-state index in [0.717, 1.165) is 18.8 Å². The Kier molecular flexibility index (Phi) is 7.11. The van der Waals surface area contributed by atoms with E-state index in [-0.39, 0.29) is 24.6 Å². The molecule has 2 aliphatic heterocycles. The number of morpholine rings is 1. The molecule has 0 spiro atoms. The minimum Gasteiger partial charge on any atom is -0.457 e. The van der Waals surface area contributed by atoms with E-state index in [1.807, 2.05) is 12.1 Å². The number of benzene rings is 2. The fourth-order valence-electron chi connectivity index (χ4n) is 4.49. The van der Waals surface area contributed by atoms with Crippen molar-refractivity contribution in [2.75, 3.05) is 37.8 Å². The molecule has 0 radical (unpaired) electrons. The first kappa shape index (κ1) is 24.4. The fourth-order valence-corrected chi connectivity index (χ4v) is 6.26. The molecule has 2 N–H and O–H groups in total. The summed E-state index contributed by atoms with van der Waals surface area (Å²) in [7, 11) is -3.92. The minimum atomic E-state index is -3.92. The zero-order chi connectivity index (χ0) is 24.3. The Morgan fingerprint density at radius 1 is 1.18 bits per heavy atom. The third-order valence-electron chi connectivity index (χ3n) is 6.04. The molecular formula is C24H30FN3O5S. The molecule has 0 bridgehead atoms. The van der Waals surface area contributed by atoms with Crippen molar-refractivity contribution < 1.29 is 27.4 Å².